The molecule has 0 aliphatic carbocycles. The van der Waals surface area contributed by atoms with Gasteiger partial charge in [0.2, 0.25) is 11.0 Å². The molecule has 3 aromatic rings. The lowest BCUT2D eigenvalue weighted by Gasteiger charge is -2.07. The van der Waals surface area contributed by atoms with Gasteiger partial charge in [0.25, 0.3) is 0 Å². The van der Waals surface area contributed by atoms with Crippen LogP contribution in [0.25, 0.3) is 21.8 Å². The Hall–Kier alpha value is -1.89. The highest BCUT2D eigenvalue weighted by Crippen LogP contribution is 2.24. The molecule has 17 heavy (non-hydrogen) atoms. The highest BCUT2D eigenvalue weighted by atomic mass is 14.9. The van der Waals surface area contributed by atoms with E-state index in [1.54, 1.807) is 0 Å². The molecule has 0 spiro atoms. The number of para-hydroxylation sites is 2. The zero-order valence-corrected chi connectivity index (χ0v) is 10.3. The monoisotopic (exact) mass is 222 g/mol. The van der Waals surface area contributed by atoms with Crippen LogP contribution in [-0.4, -0.2) is 0 Å². The van der Waals surface area contributed by atoms with Crippen LogP contribution in [0, 0.1) is 0 Å². The molecular formula is C16H16N+. The summed E-state index contributed by atoms with van der Waals surface area (Å²) >= 11 is 0. The van der Waals surface area contributed by atoms with Crippen molar-refractivity contribution in [3.63, 3.8) is 0 Å². The highest BCUT2D eigenvalue weighted by Gasteiger charge is 2.15. The summed E-state index contributed by atoms with van der Waals surface area (Å²) in [5.41, 5.74) is 4.07. The highest BCUT2D eigenvalue weighted by molar-refractivity contribution is 5.93. The average Bonchev–Trinajstić information content (AvgIpc) is 2.40. The van der Waals surface area contributed by atoms with Gasteiger partial charge in [-0.2, -0.15) is 4.57 Å². The first-order valence-electron chi connectivity index (χ1n) is 6.11. The van der Waals surface area contributed by atoms with Gasteiger partial charge in [-0.15, -0.1) is 0 Å². The number of aryl methyl sites for hydroxylation is 2. The van der Waals surface area contributed by atoms with Crippen LogP contribution in [0.5, 0.6) is 0 Å². The van der Waals surface area contributed by atoms with E-state index in [1.807, 2.05) is 0 Å². The Kier molecular flexibility index (Phi) is 2.32. The van der Waals surface area contributed by atoms with Crippen molar-refractivity contribution in [1.82, 2.24) is 0 Å². The largest absolute Gasteiger partial charge is 0.213 e. The molecule has 1 aromatic heterocycles. The number of fused-ring (bicyclic) bond motifs is 2. The molecule has 1 heteroatoms. The van der Waals surface area contributed by atoms with Crippen molar-refractivity contribution in [2.75, 3.05) is 0 Å². The maximum Gasteiger partial charge on any atom is 0.213 e. The molecule has 0 atom stereocenters. The minimum absolute atomic E-state index is 1.07. The van der Waals surface area contributed by atoms with Crippen LogP contribution in [0.4, 0.5) is 0 Å². The van der Waals surface area contributed by atoms with Gasteiger partial charge in [0.15, 0.2) is 0 Å². The van der Waals surface area contributed by atoms with Crippen molar-refractivity contribution in [3.8, 4) is 0 Å². The van der Waals surface area contributed by atoms with Gasteiger partial charge in [-0.1, -0.05) is 31.2 Å². The number of hydrogen-bond acceptors (Lipinski definition) is 0. The van der Waals surface area contributed by atoms with Gasteiger partial charge in [0.1, 0.15) is 7.05 Å². The smallest absolute Gasteiger partial charge is 0.194 e. The van der Waals surface area contributed by atoms with E-state index >= 15 is 0 Å². The van der Waals surface area contributed by atoms with Crippen LogP contribution in [0.1, 0.15) is 12.5 Å². The van der Waals surface area contributed by atoms with Crippen molar-refractivity contribution in [2.45, 2.75) is 13.3 Å². The Morgan fingerprint density at radius 3 is 1.76 bits per heavy atom. The zero-order valence-electron chi connectivity index (χ0n) is 10.3. The molecule has 0 aliphatic rings. The third-order valence-electron chi connectivity index (χ3n) is 3.53. The molecule has 84 valence electrons. The summed E-state index contributed by atoms with van der Waals surface area (Å²) in [5.74, 6) is 0. The minimum atomic E-state index is 1.07. The van der Waals surface area contributed by atoms with Gasteiger partial charge in [-0.25, -0.2) is 0 Å². The fourth-order valence-electron chi connectivity index (χ4n) is 2.70. The summed E-state index contributed by atoms with van der Waals surface area (Å²) < 4.78 is 2.28. The van der Waals surface area contributed by atoms with Crippen molar-refractivity contribution in [2.24, 2.45) is 7.05 Å². The molecule has 0 radical (unpaired) electrons. The molecule has 0 fully saturated rings. The second kappa shape index (κ2) is 3.85. The minimum Gasteiger partial charge on any atom is -0.194 e. The van der Waals surface area contributed by atoms with Gasteiger partial charge in [-0.3, -0.25) is 0 Å². The standard InChI is InChI=1S/C16H16N/c1-3-12-13-8-4-6-10-15(13)17(2)16-11-7-5-9-14(12)16/h4-11H,3H2,1-2H3/q+1. The summed E-state index contributed by atoms with van der Waals surface area (Å²) in [4.78, 5) is 0. The summed E-state index contributed by atoms with van der Waals surface area (Å²) in [6, 6.07) is 17.3. The predicted molar refractivity (Wildman–Crippen MR) is 72.0 cm³/mol. The van der Waals surface area contributed by atoms with Crippen molar-refractivity contribution < 1.29 is 4.57 Å². The van der Waals surface area contributed by atoms with Gasteiger partial charge in [0, 0.05) is 12.1 Å². The summed E-state index contributed by atoms with van der Waals surface area (Å²) in [5, 5.41) is 2.74. The Balaban J connectivity index is 2.63. The number of aromatic nitrogens is 1. The third-order valence-corrected chi connectivity index (χ3v) is 3.53. The summed E-state index contributed by atoms with van der Waals surface area (Å²) in [6.07, 6.45) is 1.07. The SMILES string of the molecule is CCc1c2ccccc2[n+](C)c2ccccc12. The topological polar surface area (TPSA) is 3.88 Å². The summed E-state index contributed by atoms with van der Waals surface area (Å²) in [6.45, 7) is 2.23. The number of rotatable bonds is 1. The van der Waals surface area contributed by atoms with Crippen LogP contribution in [-0.2, 0) is 13.5 Å². The van der Waals surface area contributed by atoms with E-state index in [-0.39, 0.29) is 0 Å². The first kappa shape index (κ1) is 10.3. The fourth-order valence-corrected chi connectivity index (χ4v) is 2.70. The molecule has 0 aliphatic heterocycles. The van der Waals surface area contributed by atoms with Crippen LogP contribution in [0.2, 0.25) is 0 Å². The number of pyridine rings is 1. The number of hydrogen-bond donors (Lipinski definition) is 0. The van der Waals surface area contributed by atoms with Crippen LogP contribution < -0.4 is 4.57 Å². The third kappa shape index (κ3) is 1.42. The average molecular weight is 222 g/mol. The zero-order chi connectivity index (χ0) is 11.8. The van der Waals surface area contributed by atoms with E-state index in [0.29, 0.717) is 0 Å². The van der Waals surface area contributed by atoms with Gasteiger partial charge >= 0.3 is 0 Å². The second-order valence-corrected chi connectivity index (χ2v) is 4.43. The van der Waals surface area contributed by atoms with Crippen molar-refractivity contribution >= 4 is 21.8 Å². The molecule has 0 amide bonds. The van der Waals surface area contributed by atoms with Crippen LogP contribution in [0.15, 0.2) is 48.5 Å². The lowest BCUT2D eigenvalue weighted by Crippen LogP contribution is -2.30. The Morgan fingerprint density at radius 1 is 0.824 bits per heavy atom. The summed E-state index contributed by atoms with van der Waals surface area (Å²) in [7, 11) is 2.14. The lowest BCUT2D eigenvalue weighted by atomic mass is 10.0. The van der Waals surface area contributed by atoms with Gasteiger partial charge < -0.3 is 0 Å². The molecule has 3 rings (SSSR count). The Morgan fingerprint density at radius 2 is 1.29 bits per heavy atom. The van der Waals surface area contributed by atoms with Gasteiger partial charge in [0.05, 0.1) is 10.8 Å². The number of benzene rings is 2. The molecule has 0 N–H and O–H groups in total. The molecule has 0 unspecified atom stereocenters. The first-order valence-corrected chi connectivity index (χ1v) is 6.11. The van der Waals surface area contributed by atoms with E-state index in [1.165, 1.54) is 27.4 Å². The molecule has 1 heterocycles. The Labute approximate surface area is 101 Å². The molecule has 0 saturated carbocycles. The van der Waals surface area contributed by atoms with Gasteiger partial charge in [-0.05, 0) is 24.1 Å². The second-order valence-electron chi connectivity index (χ2n) is 4.43. The first-order chi connectivity index (χ1) is 8.33. The molecule has 1 nitrogen and oxygen atoms in total. The fraction of sp³-hybridized carbons (Fsp3) is 0.188. The quantitative estimate of drug-likeness (QED) is 0.439. The normalized spacial score (nSPS) is 11.2. The van der Waals surface area contributed by atoms with E-state index in [0.717, 1.165) is 6.42 Å². The van der Waals surface area contributed by atoms with Crippen molar-refractivity contribution in [1.29, 1.82) is 0 Å². The molecule has 2 aromatic carbocycles. The van der Waals surface area contributed by atoms with Crippen LogP contribution >= 0.6 is 0 Å². The molecule has 0 saturated heterocycles. The molecular weight excluding hydrogens is 206 g/mol. The van der Waals surface area contributed by atoms with E-state index < -0.39 is 0 Å². The maximum absolute atomic E-state index is 2.28. The number of nitrogens with zero attached hydrogens (tertiary/aromatic N) is 1. The van der Waals surface area contributed by atoms with E-state index in [9.17, 15) is 0 Å². The predicted octanol–water partition coefficient (Wildman–Crippen LogP) is 3.38. The maximum atomic E-state index is 2.28. The van der Waals surface area contributed by atoms with E-state index in [4.69, 9.17) is 0 Å². The van der Waals surface area contributed by atoms with Crippen molar-refractivity contribution in [3.05, 3.63) is 54.1 Å². The molecule has 0 bridgehead atoms. The van der Waals surface area contributed by atoms with Crippen LogP contribution in [0.3, 0.4) is 0 Å². The Bertz CT molecular complexity index is 641. The lowest BCUT2D eigenvalue weighted by molar-refractivity contribution is -0.617. The van der Waals surface area contributed by atoms with E-state index in [2.05, 4.69) is 67.1 Å².